The number of carbonyl (C=O) groups is 2. The molecule has 2 aromatic carbocycles. The van der Waals surface area contributed by atoms with E-state index in [0.717, 1.165) is 17.5 Å². The molecule has 4 nitrogen and oxygen atoms in total. The number of carbonyl (C=O) groups excluding carboxylic acids is 2. The van der Waals surface area contributed by atoms with Gasteiger partial charge in [0.1, 0.15) is 0 Å². The van der Waals surface area contributed by atoms with E-state index in [4.69, 9.17) is 4.74 Å². The van der Waals surface area contributed by atoms with Crippen LogP contribution < -0.4 is 5.11 Å². The predicted molar refractivity (Wildman–Crippen MR) is 101 cm³/mol. The minimum Gasteiger partial charge on any atom is -0.550 e. The molecule has 0 aromatic heterocycles. The van der Waals surface area contributed by atoms with Crippen LogP contribution in [0.25, 0.3) is 0 Å². The van der Waals surface area contributed by atoms with E-state index in [9.17, 15) is 14.7 Å². The number of carboxylic acid groups (broad SMARTS) is 1. The zero-order valence-corrected chi connectivity index (χ0v) is 15.7. The molecule has 27 heavy (non-hydrogen) atoms. The average molecular weight is 365 g/mol. The molecule has 3 rings (SSSR count). The molecule has 1 aliphatic carbocycles. The molecule has 0 bridgehead atoms. The number of benzene rings is 2. The highest BCUT2D eigenvalue weighted by molar-refractivity contribution is 5.83. The number of rotatable bonds is 7. The lowest BCUT2D eigenvalue weighted by molar-refractivity contribution is -0.317. The Hall–Kier alpha value is -2.62. The van der Waals surface area contributed by atoms with Crippen molar-refractivity contribution < 1.29 is 19.4 Å². The first-order chi connectivity index (χ1) is 13.0. The third kappa shape index (κ3) is 4.05. The second-order valence-corrected chi connectivity index (χ2v) is 7.59. The highest BCUT2D eigenvalue weighted by Crippen LogP contribution is 2.57. The van der Waals surface area contributed by atoms with Crippen LogP contribution in [0.1, 0.15) is 43.2 Å². The van der Waals surface area contributed by atoms with Crippen molar-refractivity contribution in [2.24, 2.45) is 17.8 Å². The van der Waals surface area contributed by atoms with Crippen molar-refractivity contribution in [3.63, 3.8) is 0 Å². The van der Waals surface area contributed by atoms with Gasteiger partial charge in [0.25, 0.3) is 0 Å². The summed E-state index contributed by atoms with van der Waals surface area (Å²) >= 11 is 0. The van der Waals surface area contributed by atoms with Gasteiger partial charge in [0, 0.05) is 23.7 Å². The van der Waals surface area contributed by atoms with Crippen LogP contribution in [0, 0.1) is 17.8 Å². The smallest absolute Gasteiger partial charge is 0.310 e. The Balaban J connectivity index is 1.92. The minimum absolute atomic E-state index is 0.323. The molecule has 0 heterocycles. The Morgan fingerprint density at radius 3 is 1.78 bits per heavy atom. The van der Waals surface area contributed by atoms with E-state index in [0.29, 0.717) is 12.5 Å². The van der Waals surface area contributed by atoms with Gasteiger partial charge in [-0.1, -0.05) is 74.5 Å². The molecule has 4 heteroatoms. The molecule has 0 N–H and O–H groups in total. The third-order valence-electron chi connectivity index (χ3n) is 5.40. The van der Waals surface area contributed by atoms with Crippen LogP contribution in [0.3, 0.4) is 0 Å². The highest BCUT2D eigenvalue weighted by Gasteiger charge is 2.56. The number of ether oxygens (including phenoxy) is 1. The largest absolute Gasteiger partial charge is 0.550 e. The maximum absolute atomic E-state index is 12.9. The van der Waals surface area contributed by atoms with E-state index >= 15 is 0 Å². The van der Waals surface area contributed by atoms with Crippen LogP contribution in [0.5, 0.6) is 0 Å². The van der Waals surface area contributed by atoms with Gasteiger partial charge >= 0.3 is 5.97 Å². The van der Waals surface area contributed by atoms with Crippen LogP contribution in [0.2, 0.25) is 0 Å². The van der Waals surface area contributed by atoms with Gasteiger partial charge < -0.3 is 14.6 Å². The van der Waals surface area contributed by atoms with Crippen molar-refractivity contribution in [2.75, 3.05) is 6.61 Å². The van der Waals surface area contributed by atoms with Gasteiger partial charge in [0.05, 0.1) is 12.5 Å². The Bertz CT molecular complexity index is 722. The molecule has 0 aliphatic heterocycles. The van der Waals surface area contributed by atoms with E-state index in [2.05, 4.69) is 13.8 Å². The lowest BCUT2D eigenvalue weighted by atomic mass is 9.52. The Kier molecular flexibility index (Phi) is 5.94. The monoisotopic (exact) mass is 365 g/mol. The standard InChI is InChI=1S/C23H26O4/c1-15(2)13-14-27-23(26)21-18(16-9-5-3-6-10-16)20(22(24)25)19(21)17-11-7-4-8-12-17/h3-12,15,18-21H,13-14H2,1-2H3,(H,24,25)/p-1/t18-,19-,20?,21?/m0/s1. The topological polar surface area (TPSA) is 66.4 Å². The minimum atomic E-state index is -1.12. The molecule has 0 unspecified atom stereocenters. The normalized spacial score (nSPS) is 24.3. The maximum Gasteiger partial charge on any atom is 0.310 e. The molecular formula is C23H25O4-. The molecule has 1 fully saturated rings. The fraction of sp³-hybridized carbons (Fsp3) is 0.391. The van der Waals surface area contributed by atoms with E-state index in [1.807, 2.05) is 60.7 Å². The quantitative estimate of drug-likeness (QED) is 0.707. The summed E-state index contributed by atoms with van der Waals surface area (Å²) < 4.78 is 5.54. The first-order valence-corrected chi connectivity index (χ1v) is 9.48. The van der Waals surface area contributed by atoms with Crippen molar-refractivity contribution in [1.29, 1.82) is 0 Å². The van der Waals surface area contributed by atoms with Gasteiger partial charge in [0.2, 0.25) is 0 Å². The fourth-order valence-corrected chi connectivity index (χ4v) is 4.01. The molecule has 2 atom stereocenters. The summed E-state index contributed by atoms with van der Waals surface area (Å²) in [6.45, 7) is 4.50. The van der Waals surface area contributed by atoms with Crippen LogP contribution in [0.4, 0.5) is 0 Å². The van der Waals surface area contributed by atoms with Crippen LogP contribution in [-0.4, -0.2) is 18.5 Å². The first kappa shape index (κ1) is 19.2. The number of aliphatic carboxylic acids is 1. The third-order valence-corrected chi connectivity index (χ3v) is 5.40. The lowest BCUT2D eigenvalue weighted by Gasteiger charge is -2.51. The molecule has 0 spiro atoms. The summed E-state index contributed by atoms with van der Waals surface area (Å²) in [4.78, 5) is 24.9. The van der Waals surface area contributed by atoms with Crippen LogP contribution >= 0.6 is 0 Å². The number of esters is 1. The van der Waals surface area contributed by atoms with Gasteiger partial charge in [0.15, 0.2) is 0 Å². The molecule has 1 aliphatic rings. The number of carboxylic acids is 1. The lowest BCUT2D eigenvalue weighted by Crippen LogP contribution is -2.55. The maximum atomic E-state index is 12.9. The Morgan fingerprint density at radius 2 is 1.37 bits per heavy atom. The van der Waals surface area contributed by atoms with Gasteiger partial charge in [-0.3, -0.25) is 4.79 Å². The second kappa shape index (κ2) is 8.38. The van der Waals surface area contributed by atoms with Crippen LogP contribution in [0.15, 0.2) is 60.7 Å². The molecule has 1 saturated carbocycles. The van der Waals surface area contributed by atoms with Gasteiger partial charge in [-0.25, -0.2) is 0 Å². The highest BCUT2D eigenvalue weighted by atomic mass is 16.5. The molecule has 0 radical (unpaired) electrons. The Morgan fingerprint density at radius 1 is 0.889 bits per heavy atom. The SMILES string of the molecule is CC(C)CCOC(=O)C1[C@@H](c2ccccc2)C(C(=O)[O-])[C@@H]1c1ccccc1. The molecule has 0 amide bonds. The molecule has 0 saturated heterocycles. The summed E-state index contributed by atoms with van der Waals surface area (Å²) in [6.07, 6.45) is 0.786. The van der Waals surface area contributed by atoms with Crippen molar-refractivity contribution in [2.45, 2.75) is 32.1 Å². The van der Waals surface area contributed by atoms with Crippen LogP contribution in [-0.2, 0) is 14.3 Å². The van der Waals surface area contributed by atoms with E-state index in [1.165, 1.54) is 0 Å². The summed E-state index contributed by atoms with van der Waals surface area (Å²) in [6, 6.07) is 18.7. The van der Waals surface area contributed by atoms with E-state index in [-0.39, 0.29) is 5.97 Å². The average Bonchev–Trinajstić information content (AvgIpc) is 2.62. The molecule has 142 valence electrons. The summed E-state index contributed by atoms with van der Waals surface area (Å²) in [5, 5.41) is 12.0. The zero-order valence-electron chi connectivity index (χ0n) is 15.7. The fourth-order valence-electron chi connectivity index (χ4n) is 4.01. The van der Waals surface area contributed by atoms with Crippen molar-refractivity contribution in [1.82, 2.24) is 0 Å². The van der Waals surface area contributed by atoms with Crippen molar-refractivity contribution in [3.8, 4) is 0 Å². The van der Waals surface area contributed by atoms with Crippen molar-refractivity contribution >= 4 is 11.9 Å². The van der Waals surface area contributed by atoms with Gasteiger partial charge in [-0.05, 0) is 23.5 Å². The van der Waals surface area contributed by atoms with Gasteiger partial charge in [-0.2, -0.15) is 0 Å². The molecule has 2 aromatic rings. The first-order valence-electron chi connectivity index (χ1n) is 9.48. The predicted octanol–water partition coefficient (Wildman–Crippen LogP) is 3.14. The Labute approximate surface area is 160 Å². The molecular weight excluding hydrogens is 340 g/mol. The van der Waals surface area contributed by atoms with Gasteiger partial charge in [-0.15, -0.1) is 0 Å². The number of hydrogen-bond acceptors (Lipinski definition) is 4. The second-order valence-electron chi connectivity index (χ2n) is 7.59. The zero-order chi connectivity index (χ0) is 19.4. The summed E-state index contributed by atoms with van der Waals surface area (Å²) in [7, 11) is 0. The summed E-state index contributed by atoms with van der Waals surface area (Å²) in [5.41, 5.74) is 1.68. The van der Waals surface area contributed by atoms with E-state index in [1.54, 1.807) is 0 Å². The van der Waals surface area contributed by atoms with Crippen molar-refractivity contribution in [3.05, 3.63) is 71.8 Å². The summed E-state index contributed by atoms with van der Waals surface area (Å²) in [5.74, 6) is -3.16. The number of hydrogen-bond donors (Lipinski definition) is 0. The van der Waals surface area contributed by atoms with E-state index < -0.39 is 29.6 Å².